The lowest BCUT2D eigenvalue weighted by molar-refractivity contribution is 0.0272. The molecule has 0 amide bonds. The van der Waals surface area contributed by atoms with Crippen molar-refractivity contribution in [1.29, 1.82) is 0 Å². The van der Waals surface area contributed by atoms with Crippen molar-refractivity contribution in [1.82, 2.24) is 15.1 Å². The lowest BCUT2D eigenvalue weighted by Crippen LogP contribution is -2.33. The first kappa shape index (κ1) is 10.1. The van der Waals surface area contributed by atoms with Crippen LogP contribution >= 0.6 is 15.9 Å². The molecule has 78 valence electrons. The van der Waals surface area contributed by atoms with Crippen molar-refractivity contribution in [3.63, 3.8) is 0 Å². The summed E-state index contributed by atoms with van der Waals surface area (Å²) in [6.45, 7) is 5.53. The molecule has 2 heterocycles. The average Bonchev–Trinajstić information content (AvgIpc) is 2.61. The maximum atomic E-state index is 5.66. The maximum Gasteiger partial charge on any atom is 0.109 e. The molecule has 1 unspecified atom stereocenters. The van der Waals surface area contributed by atoms with Gasteiger partial charge in [0.05, 0.1) is 18.9 Å². The summed E-state index contributed by atoms with van der Waals surface area (Å²) in [7, 11) is 0. The molecular weight excluding hydrogens is 246 g/mol. The fourth-order valence-electron chi connectivity index (χ4n) is 1.59. The first-order chi connectivity index (χ1) is 6.83. The summed E-state index contributed by atoms with van der Waals surface area (Å²) in [5, 5.41) is 7.58. The quantitative estimate of drug-likeness (QED) is 0.871. The molecule has 14 heavy (non-hydrogen) atoms. The minimum atomic E-state index is 0.137. The monoisotopic (exact) mass is 259 g/mol. The number of ether oxygens (including phenoxy) is 1. The zero-order chi connectivity index (χ0) is 9.97. The van der Waals surface area contributed by atoms with Crippen LogP contribution in [0, 0.1) is 0 Å². The number of halogens is 1. The van der Waals surface area contributed by atoms with Crippen LogP contribution in [0.3, 0.4) is 0 Å². The largest absolute Gasteiger partial charge is 0.371 e. The molecule has 4 nitrogen and oxygen atoms in total. The van der Waals surface area contributed by atoms with Gasteiger partial charge >= 0.3 is 0 Å². The van der Waals surface area contributed by atoms with Gasteiger partial charge < -0.3 is 10.1 Å². The Balaban J connectivity index is 2.18. The van der Waals surface area contributed by atoms with Crippen LogP contribution in [0.5, 0.6) is 0 Å². The maximum absolute atomic E-state index is 5.66. The second-order valence-corrected chi connectivity index (χ2v) is 4.02. The Hall–Kier alpha value is -0.390. The number of hydrogen-bond acceptors (Lipinski definition) is 3. The summed E-state index contributed by atoms with van der Waals surface area (Å²) in [6, 6.07) is 0. The van der Waals surface area contributed by atoms with E-state index in [2.05, 4.69) is 33.3 Å². The van der Waals surface area contributed by atoms with Crippen molar-refractivity contribution >= 4 is 15.9 Å². The molecule has 0 aliphatic carbocycles. The molecule has 5 heteroatoms. The lowest BCUT2D eigenvalue weighted by atomic mass is 10.2. The zero-order valence-electron chi connectivity index (χ0n) is 8.16. The molecule has 1 saturated heterocycles. The van der Waals surface area contributed by atoms with Crippen LogP contribution in [-0.4, -0.2) is 29.5 Å². The Kier molecular flexibility index (Phi) is 3.20. The van der Waals surface area contributed by atoms with Crippen molar-refractivity contribution in [2.75, 3.05) is 19.7 Å². The fourth-order valence-corrected chi connectivity index (χ4v) is 2.29. The molecule has 0 aromatic carbocycles. The molecule has 1 aliphatic rings. The number of morpholine rings is 1. The van der Waals surface area contributed by atoms with Gasteiger partial charge in [-0.1, -0.05) is 0 Å². The van der Waals surface area contributed by atoms with Crippen molar-refractivity contribution in [3.8, 4) is 0 Å². The van der Waals surface area contributed by atoms with E-state index < -0.39 is 0 Å². The molecule has 0 radical (unpaired) electrons. The van der Waals surface area contributed by atoms with Gasteiger partial charge in [-0.25, -0.2) is 0 Å². The van der Waals surface area contributed by atoms with Gasteiger partial charge in [0.15, 0.2) is 0 Å². The lowest BCUT2D eigenvalue weighted by Gasteiger charge is -2.23. The summed E-state index contributed by atoms with van der Waals surface area (Å²) in [4.78, 5) is 0. The highest BCUT2D eigenvalue weighted by Crippen LogP contribution is 2.26. The highest BCUT2D eigenvalue weighted by molar-refractivity contribution is 9.10. The first-order valence-electron chi connectivity index (χ1n) is 4.86. The van der Waals surface area contributed by atoms with E-state index in [9.17, 15) is 0 Å². The van der Waals surface area contributed by atoms with Crippen LogP contribution in [0.4, 0.5) is 0 Å². The molecular formula is C9H14BrN3O. The molecule has 0 spiro atoms. The van der Waals surface area contributed by atoms with E-state index >= 15 is 0 Å². The SMILES string of the molecule is CCn1ncc(C2CNCCO2)c1Br. The van der Waals surface area contributed by atoms with Crippen molar-refractivity contribution in [2.24, 2.45) is 0 Å². The van der Waals surface area contributed by atoms with Crippen LogP contribution in [0.2, 0.25) is 0 Å². The van der Waals surface area contributed by atoms with Gasteiger partial charge in [0.2, 0.25) is 0 Å². The van der Waals surface area contributed by atoms with Crippen LogP contribution in [0.15, 0.2) is 10.8 Å². The predicted octanol–water partition coefficient (Wildman–Crippen LogP) is 1.33. The molecule has 0 saturated carbocycles. The number of aryl methyl sites for hydroxylation is 1. The van der Waals surface area contributed by atoms with E-state index in [1.807, 2.05) is 10.9 Å². The number of nitrogens with zero attached hydrogens (tertiary/aromatic N) is 2. The predicted molar refractivity (Wildman–Crippen MR) is 57.2 cm³/mol. The second-order valence-electron chi connectivity index (χ2n) is 3.27. The van der Waals surface area contributed by atoms with Gasteiger partial charge in [0, 0.05) is 25.2 Å². The van der Waals surface area contributed by atoms with Gasteiger partial charge in [-0.15, -0.1) is 0 Å². The minimum absolute atomic E-state index is 0.137. The van der Waals surface area contributed by atoms with Crippen LogP contribution in [0.1, 0.15) is 18.6 Å². The minimum Gasteiger partial charge on any atom is -0.371 e. The summed E-state index contributed by atoms with van der Waals surface area (Å²) >= 11 is 3.54. The topological polar surface area (TPSA) is 39.1 Å². The number of aromatic nitrogens is 2. The molecule has 1 aliphatic heterocycles. The van der Waals surface area contributed by atoms with Crippen molar-refractivity contribution < 1.29 is 4.74 Å². The number of nitrogens with one attached hydrogen (secondary N) is 1. The molecule has 1 atom stereocenters. The molecule has 1 aromatic heterocycles. The van der Waals surface area contributed by atoms with Gasteiger partial charge in [-0.3, -0.25) is 4.68 Å². The van der Waals surface area contributed by atoms with Crippen LogP contribution < -0.4 is 5.32 Å². The Bertz CT molecular complexity index is 307. The van der Waals surface area contributed by atoms with E-state index in [1.54, 1.807) is 0 Å². The Morgan fingerprint density at radius 2 is 2.64 bits per heavy atom. The van der Waals surface area contributed by atoms with Gasteiger partial charge in [-0.2, -0.15) is 5.10 Å². The number of hydrogen-bond donors (Lipinski definition) is 1. The Morgan fingerprint density at radius 1 is 1.79 bits per heavy atom. The molecule has 2 rings (SSSR count). The van der Waals surface area contributed by atoms with Crippen LogP contribution in [-0.2, 0) is 11.3 Å². The average molecular weight is 260 g/mol. The Labute approximate surface area is 91.8 Å². The third-order valence-electron chi connectivity index (χ3n) is 2.38. The fraction of sp³-hybridized carbons (Fsp3) is 0.667. The smallest absolute Gasteiger partial charge is 0.109 e. The van der Waals surface area contributed by atoms with Crippen molar-refractivity contribution in [3.05, 3.63) is 16.4 Å². The molecule has 1 N–H and O–H groups in total. The van der Waals surface area contributed by atoms with Crippen LogP contribution in [0.25, 0.3) is 0 Å². The molecule has 0 bridgehead atoms. The van der Waals surface area contributed by atoms with E-state index in [1.165, 1.54) is 0 Å². The number of rotatable bonds is 2. The Morgan fingerprint density at radius 3 is 3.21 bits per heavy atom. The third-order valence-corrected chi connectivity index (χ3v) is 3.24. The van der Waals surface area contributed by atoms with E-state index in [-0.39, 0.29) is 6.10 Å². The standard InChI is InChI=1S/C9H14BrN3O/c1-2-13-9(10)7(5-12-13)8-6-11-3-4-14-8/h5,8,11H,2-4,6H2,1H3. The first-order valence-corrected chi connectivity index (χ1v) is 5.65. The van der Waals surface area contributed by atoms with Crippen molar-refractivity contribution in [2.45, 2.75) is 19.6 Å². The van der Waals surface area contributed by atoms with Gasteiger partial charge in [0.25, 0.3) is 0 Å². The van der Waals surface area contributed by atoms with E-state index in [0.717, 1.165) is 36.4 Å². The normalized spacial score (nSPS) is 22.6. The third kappa shape index (κ3) is 1.85. The van der Waals surface area contributed by atoms with Gasteiger partial charge in [-0.05, 0) is 22.9 Å². The second kappa shape index (κ2) is 4.42. The molecule has 1 fully saturated rings. The highest BCUT2D eigenvalue weighted by atomic mass is 79.9. The summed E-state index contributed by atoms with van der Waals surface area (Å²) < 4.78 is 8.62. The highest BCUT2D eigenvalue weighted by Gasteiger charge is 2.20. The van der Waals surface area contributed by atoms with E-state index in [4.69, 9.17) is 4.74 Å². The van der Waals surface area contributed by atoms with E-state index in [0.29, 0.717) is 0 Å². The zero-order valence-corrected chi connectivity index (χ0v) is 9.75. The van der Waals surface area contributed by atoms with Gasteiger partial charge in [0.1, 0.15) is 4.60 Å². The summed E-state index contributed by atoms with van der Waals surface area (Å²) in [5.41, 5.74) is 1.14. The molecule has 1 aromatic rings. The summed E-state index contributed by atoms with van der Waals surface area (Å²) in [5.74, 6) is 0. The summed E-state index contributed by atoms with van der Waals surface area (Å²) in [6.07, 6.45) is 2.02.